The zero-order valence-electron chi connectivity index (χ0n) is 24.1. The summed E-state index contributed by atoms with van der Waals surface area (Å²) in [5.41, 5.74) is 6.22. The van der Waals surface area contributed by atoms with Crippen LogP contribution in [-0.2, 0) is 0 Å². The molecule has 3 heterocycles. The molecule has 0 bridgehead atoms. The van der Waals surface area contributed by atoms with Crippen LogP contribution < -0.4 is 0 Å². The van der Waals surface area contributed by atoms with E-state index in [4.69, 9.17) is 19.4 Å². The van der Waals surface area contributed by atoms with Crippen LogP contribution in [0.4, 0.5) is 0 Å². The van der Waals surface area contributed by atoms with Gasteiger partial charge in [-0.1, -0.05) is 115 Å². The molecule has 6 aromatic carbocycles. The molecular weight excluding hydrogens is 552 g/mol. The van der Waals surface area contributed by atoms with Crippen molar-refractivity contribution in [3.05, 3.63) is 146 Å². The van der Waals surface area contributed by atoms with E-state index in [-0.39, 0.29) is 0 Å². The Balaban J connectivity index is 1.21. The highest BCUT2D eigenvalue weighted by atomic mass is 16.3. The molecule has 0 radical (unpaired) electrons. The molecule has 0 aliphatic rings. The lowest BCUT2D eigenvalue weighted by molar-refractivity contribution is 0.654. The number of aromatic nitrogens is 4. The van der Waals surface area contributed by atoms with Crippen LogP contribution in [0.15, 0.2) is 150 Å². The standard InChI is InChI=1S/C40H24N4O/c1-3-10-27(11-4-1)37-42-38(28-12-5-2-6-13-28)44-39(43-37)33-21-22-41-40-36(33)32-20-19-30(24-35(32)45-40)29-18-17-26-16-15-25-9-7-8-14-31(25)34(26)23-29/h1-24H. The summed E-state index contributed by atoms with van der Waals surface area (Å²) in [5.74, 6) is 1.80. The predicted octanol–water partition coefficient (Wildman–Crippen LogP) is 10.1. The summed E-state index contributed by atoms with van der Waals surface area (Å²) >= 11 is 0. The van der Waals surface area contributed by atoms with Gasteiger partial charge in [0.05, 0.1) is 5.39 Å². The number of pyridine rings is 1. The van der Waals surface area contributed by atoms with Crippen molar-refractivity contribution in [2.24, 2.45) is 0 Å². The molecule has 9 rings (SSSR count). The lowest BCUT2D eigenvalue weighted by Gasteiger charge is -2.09. The van der Waals surface area contributed by atoms with E-state index in [2.05, 4.69) is 77.8 Å². The zero-order chi connectivity index (χ0) is 29.7. The molecular formula is C40H24N4O. The molecule has 0 unspecified atom stereocenters. The van der Waals surface area contributed by atoms with E-state index >= 15 is 0 Å². The molecule has 0 saturated heterocycles. The van der Waals surface area contributed by atoms with Crippen molar-refractivity contribution in [2.45, 2.75) is 0 Å². The van der Waals surface area contributed by atoms with Gasteiger partial charge in [-0.2, -0.15) is 0 Å². The lowest BCUT2D eigenvalue weighted by atomic mass is 9.96. The fourth-order valence-corrected chi connectivity index (χ4v) is 6.17. The van der Waals surface area contributed by atoms with Crippen LogP contribution in [-0.4, -0.2) is 19.9 Å². The second-order valence-electron chi connectivity index (χ2n) is 11.1. The molecule has 0 atom stereocenters. The number of benzene rings is 6. The molecule has 210 valence electrons. The molecule has 45 heavy (non-hydrogen) atoms. The van der Waals surface area contributed by atoms with E-state index in [9.17, 15) is 0 Å². The van der Waals surface area contributed by atoms with Gasteiger partial charge in [0.1, 0.15) is 5.58 Å². The van der Waals surface area contributed by atoms with Crippen LogP contribution in [0.2, 0.25) is 0 Å². The maximum Gasteiger partial charge on any atom is 0.228 e. The fourth-order valence-electron chi connectivity index (χ4n) is 6.17. The molecule has 0 N–H and O–H groups in total. The summed E-state index contributed by atoms with van der Waals surface area (Å²) in [6.07, 6.45) is 1.75. The molecule has 0 aliphatic carbocycles. The maximum absolute atomic E-state index is 6.38. The average molecular weight is 577 g/mol. The Morgan fingerprint density at radius 3 is 1.78 bits per heavy atom. The minimum Gasteiger partial charge on any atom is -0.438 e. The Bertz CT molecular complexity index is 2480. The molecule has 0 fully saturated rings. The monoisotopic (exact) mass is 576 g/mol. The Morgan fingerprint density at radius 2 is 1.02 bits per heavy atom. The second-order valence-corrected chi connectivity index (χ2v) is 11.1. The van der Waals surface area contributed by atoms with Gasteiger partial charge >= 0.3 is 0 Å². The predicted molar refractivity (Wildman–Crippen MR) is 182 cm³/mol. The van der Waals surface area contributed by atoms with Crippen molar-refractivity contribution in [3.8, 4) is 45.3 Å². The third-order valence-corrected chi connectivity index (χ3v) is 8.39. The van der Waals surface area contributed by atoms with Crippen molar-refractivity contribution in [1.29, 1.82) is 0 Å². The summed E-state index contributed by atoms with van der Waals surface area (Å²) in [4.78, 5) is 19.4. The van der Waals surface area contributed by atoms with Crippen molar-refractivity contribution < 1.29 is 4.42 Å². The van der Waals surface area contributed by atoms with Crippen molar-refractivity contribution in [3.63, 3.8) is 0 Å². The highest BCUT2D eigenvalue weighted by Crippen LogP contribution is 2.38. The van der Waals surface area contributed by atoms with Crippen LogP contribution in [0.3, 0.4) is 0 Å². The molecule has 5 heteroatoms. The van der Waals surface area contributed by atoms with Crippen LogP contribution >= 0.6 is 0 Å². The van der Waals surface area contributed by atoms with Crippen LogP contribution in [0, 0.1) is 0 Å². The Labute approximate surface area is 258 Å². The second kappa shape index (κ2) is 10.2. The van der Waals surface area contributed by atoms with Gasteiger partial charge in [0.25, 0.3) is 0 Å². The van der Waals surface area contributed by atoms with Crippen LogP contribution in [0.5, 0.6) is 0 Å². The van der Waals surface area contributed by atoms with E-state index in [0.29, 0.717) is 23.2 Å². The summed E-state index contributed by atoms with van der Waals surface area (Å²) in [5, 5.41) is 6.78. The average Bonchev–Trinajstić information content (AvgIpc) is 3.50. The summed E-state index contributed by atoms with van der Waals surface area (Å²) in [6, 6.07) is 47.8. The first-order chi connectivity index (χ1) is 22.3. The zero-order valence-corrected chi connectivity index (χ0v) is 24.1. The molecule has 0 saturated carbocycles. The molecule has 0 aliphatic heterocycles. The smallest absolute Gasteiger partial charge is 0.228 e. The summed E-state index contributed by atoms with van der Waals surface area (Å²) in [6.45, 7) is 0. The SMILES string of the molecule is c1ccc(-c2nc(-c3ccccc3)nc(-c3ccnc4oc5cc(-c6ccc7ccc8ccccc8c7c6)ccc5c34)n2)cc1. The van der Waals surface area contributed by atoms with Crippen molar-refractivity contribution in [1.82, 2.24) is 19.9 Å². The third kappa shape index (κ3) is 4.33. The van der Waals surface area contributed by atoms with Crippen LogP contribution in [0.1, 0.15) is 0 Å². The largest absolute Gasteiger partial charge is 0.438 e. The van der Waals surface area contributed by atoms with Crippen LogP contribution in [0.25, 0.3) is 88.9 Å². The number of rotatable bonds is 4. The first-order valence-electron chi connectivity index (χ1n) is 14.9. The van der Waals surface area contributed by atoms with E-state index in [1.54, 1.807) is 6.20 Å². The van der Waals surface area contributed by atoms with E-state index < -0.39 is 0 Å². The van der Waals surface area contributed by atoms with Gasteiger partial charge in [-0.25, -0.2) is 19.9 Å². The number of hydrogen-bond donors (Lipinski definition) is 0. The number of nitrogens with zero attached hydrogens (tertiary/aromatic N) is 4. The van der Waals surface area contributed by atoms with Gasteiger partial charge in [0.2, 0.25) is 5.71 Å². The maximum atomic E-state index is 6.38. The Kier molecular flexibility index (Phi) is 5.74. The first kappa shape index (κ1) is 25.3. The minimum absolute atomic E-state index is 0.548. The molecule has 0 amide bonds. The molecule has 3 aromatic heterocycles. The number of fused-ring (bicyclic) bond motifs is 6. The molecule has 0 spiro atoms. The van der Waals surface area contributed by atoms with Gasteiger partial charge in [-0.3, -0.25) is 0 Å². The van der Waals surface area contributed by atoms with Gasteiger partial charge in [0.15, 0.2) is 17.5 Å². The Hall–Kier alpha value is -6.20. The third-order valence-electron chi connectivity index (χ3n) is 8.39. The molecule has 9 aromatic rings. The fraction of sp³-hybridized carbons (Fsp3) is 0. The van der Waals surface area contributed by atoms with E-state index in [1.165, 1.54) is 21.5 Å². The number of hydrogen-bond acceptors (Lipinski definition) is 5. The van der Waals surface area contributed by atoms with Gasteiger partial charge in [0, 0.05) is 28.3 Å². The topological polar surface area (TPSA) is 64.7 Å². The number of furan rings is 1. The van der Waals surface area contributed by atoms with Gasteiger partial charge in [-0.15, -0.1) is 0 Å². The van der Waals surface area contributed by atoms with Crippen molar-refractivity contribution in [2.75, 3.05) is 0 Å². The van der Waals surface area contributed by atoms with Gasteiger partial charge < -0.3 is 4.42 Å². The highest BCUT2D eigenvalue weighted by molar-refractivity contribution is 6.12. The first-order valence-corrected chi connectivity index (χ1v) is 14.9. The summed E-state index contributed by atoms with van der Waals surface area (Å²) in [7, 11) is 0. The van der Waals surface area contributed by atoms with E-state index in [1.807, 2.05) is 66.7 Å². The van der Waals surface area contributed by atoms with Crippen molar-refractivity contribution >= 4 is 43.6 Å². The van der Waals surface area contributed by atoms with Gasteiger partial charge in [-0.05, 0) is 56.9 Å². The highest BCUT2D eigenvalue weighted by Gasteiger charge is 2.19. The normalized spacial score (nSPS) is 11.6. The van der Waals surface area contributed by atoms with E-state index in [0.717, 1.165) is 44.2 Å². The lowest BCUT2D eigenvalue weighted by Crippen LogP contribution is -2.00. The Morgan fingerprint density at radius 1 is 0.422 bits per heavy atom. The summed E-state index contributed by atoms with van der Waals surface area (Å²) < 4.78 is 6.38. The minimum atomic E-state index is 0.548. The molecule has 5 nitrogen and oxygen atoms in total. The quantitative estimate of drug-likeness (QED) is 0.195.